The van der Waals surface area contributed by atoms with E-state index in [1.54, 1.807) is 0 Å². The van der Waals surface area contributed by atoms with Gasteiger partial charge in [0.15, 0.2) is 0 Å². The summed E-state index contributed by atoms with van der Waals surface area (Å²) in [6.07, 6.45) is 3.89. The fraction of sp³-hybridized carbons (Fsp3) is 0.467. The summed E-state index contributed by atoms with van der Waals surface area (Å²) >= 11 is 0. The predicted molar refractivity (Wildman–Crippen MR) is 69.1 cm³/mol. The molecule has 3 heteroatoms. The molecule has 1 aromatic rings. The maximum Gasteiger partial charge on any atom is 0.237 e. The molecule has 1 heterocycles. The van der Waals surface area contributed by atoms with Gasteiger partial charge in [0, 0.05) is 0 Å². The molecule has 18 heavy (non-hydrogen) atoms. The molecule has 2 amide bonds. The molecule has 1 saturated heterocycles. The smallest absolute Gasteiger partial charge is 0.237 e. The van der Waals surface area contributed by atoms with Gasteiger partial charge in [-0.15, -0.1) is 0 Å². The van der Waals surface area contributed by atoms with E-state index in [1.165, 1.54) is 4.90 Å². The van der Waals surface area contributed by atoms with Crippen LogP contribution in [0.15, 0.2) is 24.3 Å². The number of rotatable bonds is 1. The zero-order valence-corrected chi connectivity index (χ0v) is 10.6. The second-order valence-corrected chi connectivity index (χ2v) is 5.35. The summed E-state index contributed by atoms with van der Waals surface area (Å²) in [6.45, 7) is 1.97. The Morgan fingerprint density at radius 3 is 2.22 bits per heavy atom. The molecule has 3 nitrogen and oxygen atoms in total. The highest BCUT2D eigenvalue weighted by Crippen LogP contribution is 2.40. The van der Waals surface area contributed by atoms with Gasteiger partial charge in [0.05, 0.1) is 17.5 Å². The molecule has 2 fully saturated rings. The largest absolute Gasteiger partial charge is 0.274 e. The second kappa shape index (κ2) is 4.23. The monoisotopic (exact) mass is 243 g/mol. The number of benzene rings is 1. The number of nitrogens with zero attached hydrogens (tertiary/aromatic N) is 1. The fourth-order valence-electron chi connectivity index (χ4n) is 3.18. The highest BCUT2D eigenvalue weighted by Gasteiger charge is 2.48. The van der Waals surface area contributed by atoms with Crippen molar-refractivity contribution in [1.29, 1.82) is 0 Å². The topological polar surface area (TPSA) is 37.4 Å². The first-order valence-corrected chi connectivity index (χ1v) is 6.63. The molecule has 1 aromatic carbocycles. The summed E-state index contributed by atoms with van der Waals surface area (Å²) in [6, 6.07) is 7.63. The van der Waals surface area contributed by atoms with E-state index in [-0.39, 0.29) is 23.7 Å². The Hall–Kier alpha value is -1.64. The Bertz CT molecular complexity index is 485. The molecule has 3 rings (SSSR count). The van der Waals surface area contributed by atoms with E-state index < -0.39 is 0 Å². The number of fused-ring (bicyclic) bond motifs is 1. The van der Waals surface area contributed by atoms with Gasteiger partial charge in [0.2, 0.25) is 11.8 Å². The summed E-state index contributed by atoms with van der Waals surface area (Å²) in [5.41, 5.74) is 1.81. The maximum atomic E-state index is 12.4. The molecule has 0 N–H and O–H groups in total. The third-order valence-electron chi connectivity index (χ3n) is 4.10. The van der Waals surface area contributed by atoms with Crippen LogP contribution in [-0.2, 0) is 9.59 Å². The van der Waals surface area contributed by atoms with Crippen molar-refractivity contribution in [2.45, 2.75) is 32.6 Å². The number of imide groups is 1. The van der Waals surface area contributed by atoms with Gasteiger partial charge in [-0.3, -0.25) is 14.5 Å². The lowest BCUT2D eigenvalue weighted by atomic mass is 9.81. The summed E-state index contributed by atoms with van der Waals surface area (Å²) in [5.74, 6) is -0.107. The molecular formula is C15H17NO2. The van der Waals surface area contributed by atoms with Crippen LogP contribution in [0.3, 0.4) is 0 Å². The Balaban J connectivity index is 1.97. The molecule has 0 spiro atoms. The molecule has 2 atom stereocenters. The third-order valence-corrected chi connectivity index (χ3v) is 4.10. The number of carbonyl (C=O) groups is 2. The van der Waals surface area contributed by atoms with Gasteiger partial charge in [-0.05, 0) is 37.5 Å². The normalized spacial score (nSPS) is 27.5. The summed E-state index contributed by atoms with van der Waals surface area (Å²) in [4.78, 5) is 26.1. The van der Waals surface area contributed by atoms with Crippen molar-refractivity contribution in [3.05, 3.63) is 29.8 Å². The minimum atomic E-state index is -0.0632. The summed E-state index contributed by atoms with van der Waals surface area (Å²) in [5, 5.41) is 0. The Labute approximate surface area is 107 Å². The van der Waals surface area contributed by atoms with Gasteiger partial charge in [-0.2, -0.15) is 0 Å². The van der Waals surface area contributed by atoms with Crippen LogP contribution >= 0.6 is 0 Å². The number of anilines is 1. The van der Waals surface area contributed by atoms with Gasteiger partial charge in [0.1, 0.15) is 0 Å². The van der Waals surface area contributed by atoms with E-state index in [4.69, 9.17) is 0 Å². The van der Waals surface area contributed by atoms with Crippen molar-refractivity contribution in [3.63, 3.8) is 0 Å². The maximum absolute atomic E-state index is 12.4. The van der Waals surface area contributed by atoms with E-state index >= 15 is 0 Å². The van der Waals surface area contributed by atoms with Crippen LogP contribution in [0.25, 0.3) is 0 Å². The van der Waals surface area contributed by atoms with E-state index in [1.807, 2.05) is 31.2 Å². The van der Waals surface area contributed by atoms with Crippen LogP contribution in [0.2, 0.25) is 0 Å². The minimum absolute atomic E-state index is 0.00954. The Morgan fingerprint density at radius 1 is 1.06 bits per heavy atom. The molecule has 94 valence electrons. The molecule has 0 radical (unpaired) electrons. The number of hydrogen-bond donors (Lipinski definition) is 0. The van der Waals surface area contributed by atoms with Crippen LogP contribution < -0.4 is 4.90 Å². The van der Waals surface area contributed by atoms with Crippen molar-refractivity contribution >= 4 is 17.5 Å². The zero-order valence-electron chi connectivity index (χ0n) is 10.6. The van der Waals surface area contributed by atoms with Crippen LogP contribution in [-0.4, -0.2) is 11.8 Å². The quantitative estimate of drug-likeness (QED) is 0.711. The average molecular weight is 243 g/mol. The predicted octanol–water partition coefficient (Wildman–Crippen LogP) is 2.67. The molecule has 0 bridgehead atoms. The first-order valence-electron chi connectivity index (χ1n) is 6.63. The number of amides is 2. The molecule has 0 unspecified atom stereocenters. The standard InChI is InChI=1S/C15H17NO2/c1-10-5-4-6-11(9-10)16-14(17)12-7-2-3-8-13(12)15(16)18/h4-6,9,12-13H,2-3,7-8H2,1H3/t12-,13-/m0/s1. The van der Waals surface area contributed by atoms with Crippen LogP contribution in [0, 0.1) is 18.8 Å². The Kier molecular flexibility index (Phi) is 2.69. The lowest BCUT2D eigenvalue weighted by molar-refractivity contribution is -0.122. The second-order valence-electron chi connectivity index (χ2n) is 5.35. The van der Waals surface area contributed by atoms with E-state index in [2.05, 4.69) is 0 Å². The van der Waals surface area contributed by atoms with E-state index in [9.17, 15) is 9.59 Å². The molecule has 2 aliphatic rings. The fourth-order valence-corrected chi connectivity index (χ4v) is 3.18. The summed E-state index contributed by atoms with van der Waals surface area (Å²) < 4.78 is 0. The number of aryl methyl sites for hydroxylation is 1. The van der Waals surface area contributed by atoms with Crippen LogP contribution in [0.1, 0.15) is 31.2 Å². The first kappa shape index (κ1) is 11.5. The SMILES string of the molecule is Cc1cccc(N2C(=O)[C@H]3CCCC[C@@H]3C2=O)c1. The van der Waals surface area contributed by atoms with Gasteiger partial charge < -0.3 is 0 Å². The van der Waals surface area contributed by atoms with Crippen LogP contribution in [0.4, 0.5) is 5.69 Å². The van der Waals surface area contributed by atoms with Crippen molar-refractivity contribution in [3.8, 4) is 0 Å². The van der Waals surface area contributed by atoms with Crippen molar-refractivity contribution in [2.75, 3.05) is 4.90 Å². The van der Waals surface area contributed by atoms with Gasteiger partial charge in [-0.1, -0.05) is 25.0 Å². The average Bonchev–Trinajstić information content (AvgIpc) is 2.63. The van der Waals surface area contributed by atoms with Crippen LogP contribution in [0.5, 0.6) is 0 Å². The van der Waals surface area contributed by atoms with Gasteiger partial charge >= 0.3 is 0 Å². The lowest BCUT2D eigenvalue weighted by Gasteiger charge is -2.19. The molecule has 1 aliphatic heterocycles. The highest BCUT2D eigenvalue weighted by molar-refractivity contribution is 6.22. The molecular weight excluding hydrogens is 226 g/mol. The van der Waals surface area contributed by atoms with E-state index in [0.29, 0.717) is 0 Å². The minimum Gasteiger partial charge on any atom is -0.274 e. The highest BCUT2D eigenvalue weighted by atomic mass is 16.2. The van der Waals surface area contributed by atoms with Gasteiger partial charge in [-0.25, -0.2) is 0 Å². The van der Waals surface area contributed by atoms with Crippen molar-refractivity contribution in [2.24, 2.45) is 11.8 Å². The van der Waals surface area contributed by atoms with E-state index in [0.717, 1.165) is 36.9 Å². The lowest BCUT2D eigenvalue weighted by Crippen LogP contribution is -2.30. The zero-order chi connectivity index (χ0) is 12.7. The summed E-state index contributed by atoms with van der Waals surface area (Å²) in [7, 11) is 0. The Morgan fingerprint density at radius 2 is 1.67 bits per heavy atom. The molecule has 1 saturated carbocycles. The third kappa shape index (κ3) is 1.65. The van der Waals surface area contributed by atoms with Crippen molar-refractivity contribution < 1.29 is 9.59 Å². The number of hydrogen-bond acceptors (Lipinski definition) is 2. The number of carbonyl (C=O) groups excluding carboxylic acids is 2. The first-order chi connectivity index (χ1) is 8.68. The molecule has 1 aliphatic carbocycles. The van der Waals surface area contributed by atoms with Gasteiger partial charge in [0.25, 0.3) is 0 Å². The molecule has 0 aromatic heterocycles. The van der Waals surface area contributed by atoms with Crippen molar-refractivity contribution in [1.82, 2.24) is 0 Å².